The van der Waals surface area contributed by atoms with Crippen LogP contribution in [0, 0.1) is 0 Å². The molecule has 1 fully saturated rings. The number of ether oxygens (including phenoxy) is 2. The van der Waals surface area contributed by atoms with Gasteiger partial charge in [0.05, 0.1) is 19.6 Å². The van der Waals surface area contributed by atoms with Gasteiger partial charge in [0.15, 0.2) is 5.65 Å². The Bertz CT molecular complexity index is 954. The summed E-state index contributed by atoms with van der Waals surface area (Å²) in [5.74, 6) is 2.38. The minimum absolute atomic E-state index is 0.271. The van der Waals surface area contributed by atoms with Crippen LogP contribution in [0.4, 0.5) is 11.5 Å². The fourth-order valence-electron chi connectivity index (χ4n) is 3.43. The standard InChI is InChI=1S/C18H21BrN6O2/c1-24-18-15(16(19)23-24)17(20-10-21-18)22-11-4-5-25(9-11)12-6-13(26-2)8-14(7-12)27-3/h6-8,10-11H,4-5,9H2,1-3H3,(H,20,21,22). The molecular formula is C18H21BrN6O2. The zero-order valence-electron chi connectivity index (χ0n) is 15.4. The highest BCUT2D eigenvalue weighted by atomic mass is 79.9. The molecule has 0 spiro atoms. The van der Waals surface area contributed by atoms with Crippen molar-refractivity contribution in [1.82, 2.24) is 19.7 Å². The van der Waals surface area contributed by atoms with Crippen molar-refractivity contribution in [2.24, 2.45) is 7.05 Å². The van der Waals surface area contributed by atoms with Gasteiger partial charge in [-0.3, -0.25) is 0 Å². The Hall–Kier alpha value is -2.55. The van der Waals surface area contributed by atoms with Crippen molar-refractivity contribution in [2.45, 2.75) is 12.5 Å². The lowest BCUT2D eigenvalue weighted by Crippen LogP contribution is -2.26. The average Bonchev–Trinajstić information content (AvgIpc) is 3.26. The van der Waals surface area contributed by atoms with Gasteiger partial charge in [0.1, 0.15) is 28.2 Å². The molecule has 1 saturated heterocycles. The molecule has 1 aliphatic rings. The van der Waals surface area contributed by atoms with Gasteiger partial charge in [-0.1, -0.05) is 0 Å². The molecule has 1 unspecified atom stereocenters. The first-order valence-corrected chi connectivity index (χ1v) is 9.46. The Balaban J connectivity index is 1.54. The lowest BCUT2D eigenvalue weighted by molar-refractivity contribution is 0.394. The summed E-state index contributed by atoms with van der Waals surface area (Å²) < 4.78 is 13.3. The molecule has 0 saturated carbocycles. The van der Waals surface area contributed by atoms with E-state index in [1.807, 2.05) is 25.2 Å². The number of nitrogens with zero attached hydrogens (tertiary/aromatic N) is 5. The van der Waals surface area contributed by atoms with Gasteiger partial charge in [-0.15, -0.1) is 0 Å². The van der Waals surface area contributed by atoms with Crippen LogP contribution in [-0.2, 0) is 7.05 Å². The Morgan fingerprint density at radius 3 is 2.59 bits per heavy atom. The predicted octanol–water partition coefficient (Wildman–Crippen LogP) is 2.83. The zero-order valence-corrected chi connectivity index (χ0v) is 17.0. The highest BCUT2D eigenvalue weighted by Gasteiger charge is 2.25. The number of hydrogen-bond acceptors (Lipinski definition) is 7. The fourth-order valence-corrected chi connectivity index (χ4v) is 4.03. The first kappa shape index (κ1) is 17.8. The van der Waals surface area contributed by atoms with Crippen LogP contribution in [0.25, 0.3) is 11.0 Å². The first-order valence-electron chi connectivity index (χ1n) is 8.67. The molecule has 8 nitrogen and oxygen atoms in total. The molecule has 142 valence electrons. The summed E-state index contributed by atoms with van der Waals surface area (Å²) in [6.07, 6.45) is 2.57. The van der Waals surface area contributed by atoms with Gasteiger partial charge >= 0.3 is 0 Å². The van der Waals surface area contributed by atoms with Gasteiger partial charge < -0.3 is 19.7 Å². The summed E-state index contributed by atoms with van der Waals surface area (Å²) in [4.78, 5) is 11.1. The number of halogens is 1. The third kappa shape index (κ3) is 3.39. The molecule has 0 aliphatic carbocycles. The molecule has 0 radical (unpaired) electrons. The van der Waals surface area contributed by atoms with Crippen LogP contribution in [0.5, 0.6) is 11.5 Å². The number of aryl methyl sites for hydroxylation is 1. The largest absolute Gasteiger partial charge is 0.497 e. The van der Waals surface area contributed by atoms with E-state index < -0.39 is 0 Å². The van der Waals surface area contributed by atoms with Crippen LogP contribution >= 0.6 is 15.9 Å². The van der Waals surface area contributed by atoms with Crippen LogP contribution in [0.3, 0.4) is 0 Å². The third-order valence-electron chi connectivity index (χ3n) is 4.81. The monoisotopic (exact) mass is 432 g/mol. The van der Waals surface area contributed by atoms with Crippen LogP contribution in [-0.4, -0.2) is 53.1 Å². The summed E-state index contributed by atoms with van der Waals surface area (Å²) in [7, 11) is 5.20. The molecule has 0 amide bonds. The molecule has 0 bridgehead atoms. The van der Waals surface area contributed by atoms with Gasteiger partial charge in [-0.05, 0) is 22.4 Å². The smallest absolute Gasteiger partial charge is 0.164 e. The molecule has 1 aliphatic heterocycles. The molecule has 1 aromatic carbocycles. The minimum atomic E-state index is 0.271. The molecule has 3 aromatic rings. The van der Waals surface area contributed by atoms with Crippen LogP contribution in [0.2, 0.25) is 0 Å². The van der Waals surface area contributed by atoms with Crippen molar-refractivity contribution < 1.29 is 9.47 Å². The van der Waals surface area contributed by atoms with Crippen LogP contribution in [0.15, 0.2) is 29.1 Å². The topological polar surface area (TPSA) is 77.3 Å². The van der Waals surface area contributed by atoms with E-state index in [2.05, 4.69) is 41.2 Å². The summed E-state index contributed by atoms with van der Waals surface area (Å²) >= 11 is 3.51. The molecule has 1 atom stereocenters. The number of hydrogen-bond donors (Lipinski definition) is 1. The molecule has 3 heterocycles. The summed E-state index contributed by atoms with van der Waals surface area (Å²) in [5, 5.41) is 8.84. The number of benzene rings is 1. The number of anilines is 2. The van der Waals surface area contributed by atoms with Crippen molar-refractivity contribution in [3.8, 4) is 11.5 Å². The van der Waals surface area contributed by atoms with Crippen LogP contribution < -0.4 is 19.7 Å². The molecule has 1 N–H and O–H groups in total. The maximum Gasteiger partial charge on any atom is 0.164 e. The van der Waals surface area contributed by atoms with E-state index in [1.165, 1.54) is 0 Å². The number of nitrogens with one attached hydrogen (secondary N) is 1. The maximum atomic E-state index is 5.39. The Kier molecular flexibility index (Phi) is 4.77. The lowest BCUT2D eigenvalue weighted by Gasteiger charge is -2.21. The Morgan fingerprint density at radius 2 is 1.89 bits per heavy atom. The predicted molar refractivity (Wildman–Crippen MR) is 108 cm³/mol. The highest BCUT2D eigenvalue weighted by Crippen LogP contribution is 2.32. The van der Waals surface area contributed by atoms with Crippen LogP contribution in [0.1, 0.15) is 6.42 Å². The van der Waals surface area contributed by atoms with Gasteiger partial charge in [-0.25, -0.2) is 14.6 Å². The van der Waals surface area contributed by atoms with Gasteiger partial charge in [0.25, 0.3) is 0 Å². The number of aromatic nitrogens is 4. The Morgan fingerprint density at radius 1 is 1.15 bits per heavy atom. The molecule has 9 heteroatoms. The van der Waals surface area contributed by atoms with Crippen molar-refractivity contribution in [2.75, 3.05) is 37.5 Å². The number of methoxy groups -OCH3 is 2. The third-order valence-corrected chi connectivity index (χ3v) is 5.36. The Labute approximate surface area is 165 Å². The summed E-state index contributed by atoms with van der Waals surface area (Å²) in [5.41, 5.74) is 1.89. The second kappa shape index (κ2) is 7.22. The normalized spacial score (nSPS) is 16.7. The lowest BCUT2D eigenvalue weighted by atomic mass is 10.2. The maximum absolute atomic E-state index is 5.39. The average molecular weight is 433 g/mol. The quantitative estimate of drug-likeness (QED) is 0.663. The second-order valence-corrected chi connectivity index (χ2v) is 7.23. The van der Waals surface area contributed by atoms with Gasteiger partial charge in [0.2, 0.25) is 0 Å². The van der Waals surface area contributed by atoms with Crippen molar-refractivity contribution >= 4 is 38.5 Å². The van der Waals surface area contributed by atoms with E-state index in [1.54, 1.807) is 25.2 Å². The minimum Gasteiger partial charge on any atom is -0.497 e. The van der Waals surface area contributed by atoms with E-state index in [9.17, 15) is 0 Å². The molecule has 4 rings (SSSR count). The molecular weight excluding hydrogens is 412 g/mol. The molecule has 27 heavy (non-hydrogen) atoms. The van der Waals surface area contributed by atoms with Gasteiger partial charge in [-0.2, -0.15) is 5.10 Å². The summed E-state index contributed by atoms with van der Waals surface area (Å²) in [6, 6.07) is 6.22. The number of fused-ring (bicyclic) bond motifs is 1. The summed E-state index contributed by atoms with van der Waals surface area (Å²) in [6.45, 7) is 1.80. The number of rotatable bonds is 5. The van der Waals surface area contributed by atoms with Crippen molar-refractivity contribution in [3.05, 3.63) is 29.1 Å². The van der Waals surface area contributed by atoms with Gasteiger partial charge in [0, 0.05) is 50.1 Å². The first-order chi connectivity index (χ1) is 13.1. The second-order valence-electron chi connectivity index (χ2n) is 6.48. The van der Waals surface area contributed by atoms with E-state index in [4.69, 9.17) is 9.47 Å². The van der Waals surface area contributed by atoms with Crippen molar-refractivity contribution in [1.29, 1.82) is 0 Å². The van der Waals surface area contributed by atoms with Crippen molar-refractivity contribution in [3.63, 3.8) is 0 Å². The zero-order chi connectivity index (χ0) is 19.0. The van der Waals surface area contributed by atoms with E-state index >= 15 is 0 Å². The molecule has 2 aromatic heterocycles. The van der Waals surface area contributed by atoms with E-state index in [-0.39, 0.29) is 6.04 Å². The van der Waals surface area contributed by atoms with E-state index in [0.717, 1.165) is 58.2 Å². The van der Waals surface area contributed by atoms with E-state index in [0.29, 0.717) is 0 Å². The highest BCUT2D eigenvalue weighted by molar-refractivity contribution is 9.10. The fraction of sp³-hybridized carbons (Fsp3) is 0.389. The SMILES string of the molecule is COc1cc(OC)cc(N2CCC(Nc3ncnc4c3c(Br)nn4C)C2)c1.